The number of ether oxygens (including phenoxy) is 1. The largest absolute Gasteiger partial charge is 0.469 e. The molecule has 1 aliphatic rings. The third kappa shape index (κ3) is 2.37. The Bertz CT molecular complexity index is 470. The molecule has 0 fully saturated rings. The molecular formula is C14H16O4. The van der Waals surface area contributed by atoms with E-state index in [9.17, 15) is 9.59 Å². The summed E-state index contributed by atoms with van der Waals surface area (Å²) in [4.78, 5) is 23.9. The van der Waals surface area contributed by atoms with Gasteiger partial charge in [-0.2, -0.15) is 0 Å². The molecule has 1 aliphatic carbocycles. The monoisotopic (exact) mass is 248 g/mol. The van der Waals surface area contributed by atoms with Gasteiger partial charge in [-0.1, -0.05) is 5.57 Å². The summed E-state index contributed by atoms with van der Waals surface area (Å²) in [7, 11) is 0. The number of rotatable bonds is 3. The van der Waals surface area contributed by atoms with Gasteiger partial charge in [-0.3, -0.25) is 9.59 Å². The maximum Gasteiger partial charge on any atom is 0.317 e. The fourth-order valence-corrected chi connectivity index (χ4v) is 2.33. The Balaban J connectivity index is 2.32. The van der Waals surface area contributed by atoms with E-state index in [-0.39, 0.29) is 18.3 Å². The van der Waals surface area contributed by atoms with Crippen LogP contribution in [0.25, 0.3) is 0 Å². The number of esters is 1. The van der Waals surface area contributed by atoms with Gasteiger partial charge >= 0.3 is 5.97 Å². The van der Waals surface area contributed by atoms with Crippen molar-refractivity contribution in [2.24, 2.45) is 5.92 Å². The highest BCUT2D eigenvalue weighted by Crippen LogP contribution is 2.36. The molecule has 1 heterocycles. The molecule has 4 heteroatoms. The number of ketones is 1. The van der Waals surface area contributed by atoms with Crippen LogP contribution in [0.15, 0.2) is 34.5 Å². The Morgan fingerprint density at radius 2 is 2.33 bits per heavy atom. The molecule has 2 atom stereocenters. The Kier molecular flexibility index (Phi) is 3.65. The third-order valence-corrected chi connectivity index (χ3v) is 3.09. The predicted molar refractivity (Wildman–Crippen MR) is 65.0 cm³/mol. The molecule has 0 amide bonds. The lowest BCUT2D eigenvalue weighted by atomic mass is 9.78. The second kappa shape index (κ2) is 5.21. The van der Waals surface area contributed by atoms with Gasteiger partial charge < -0.3 is 9.15 Å². The standard InChI is InChI=1S/C14H16O4/c1-3-17-14(16)13-10(12-5-4-6-18-12)7-9(2)8-11(13)15/h4-6,8,10,13H,3,7H2,1-2H3. The first-order chi connectivity index (χ1) is 8.63. The van der Waals surface area contributed by atoms with Crippen molar-refractivity contribution < 1.29 is 18.7 Å². The molecule has 0 N–H and O–H groups in total. The van der Waals surface area contributed by atoms with Crippen LogP contribution in [0.4, 0.5) is 0 Å². The van der Waals surface area contributed by atoms with E-state index in [4.69, 9.17) is 9.15 Å². The number of allylic oxidation sites excluding steroid dienone is 2. The van der Waals surface area contributed by atoms with Crippen LogP contribution in [0, 0.1) is 5.92 Å². The molecule has 0 spiro atoms. The number of furan rings is 1. The second-order valence-electron chi connectivity index (χ2n) is 4.45. The van der Waals surface area contributed by atoms with E-state index < -0.39 is 11.9 Å². The third-order valence-electron chi connectivity index (χ3n) is 3.09. The average molecular weight is 248 g/mol. The van der Waals surface area contributed by atoms with E-state index in [1.165, 1.54) is 6.08 Å². The smallest absolute Gasteiger partial charge is 0.317 e. The van der Waals surface area contributed by atoms with Gasteiger partial charge in [0.15, 0.2) is 5.78 Å². The summed E-state index contributed by atoms with van der Waals surface area (Å²) < 4.78 is 10.3. The van der Waals surface area contributed by atoms with Crippen molar-refractivity contribution in [1.29, 1.82) is 0 Å². The van der Waals surface area contributed by atoms with Gasteiger partial charge in [0.1, 0.15) is 11.7 Å². The molecule has 0 aromatic carbocycles. The lowest BCUT2D eigenvalue weighted by Gasteiger charge is -2.26. The number of hydrogen-bond acceptors (Lipinski definition) is 4. The highest BCUT2D eigenvalue weighted by Gasteiger charge is 2.40. The van der Waals surface area contributed by atoms with Crippen molar-refractivity contribution in [3.8, 4) is 0 Å². The lowest BCUT2D eigenvalue weighted by Crippen LogP contribution is -2.33. The summed E-state index contributed by atoms with van der Waals surface area (Å²) >= 11 is 0. The molecule has 0 radical (unpaired) electrons. The fraction of sp³-hybridized carbons (Fsp3) is 0.429. The second-order valence-corrected chi connectivity index (χ2v) is 4.45. The first kappa shape index (κ1) is 12.6. The van der Waals surface area contributed by atoms with Crippen LogP contribution in [0.2, 0.25) is 0 Å². The van der Waals surface area contributed by atoms with Gasteiger partial charge in [0.25, 0.3) is 0 Å². The molecule has 1 aromatic rings. The number of carbonyl (C=O) groups excluding carboxylic acids is 2. The van der Waals surface area contributed by atoms with Gasteiger partial charge in [-0.05, 0) is 38.5 Å². The van der Waals surface area contributed by atoms with Crippen LogP contribution in [0.3, 0.4) is 0 Å². The molecule has 4 nitrogen and oxygen atoms in total. The Morgan fingerprint density at radius 3 is 2.94 bits per heavy atom. The summed E-state index contributed by atoms with van der Waals surface area (Å²) in [6.45, 7) is 3.89. The van der Waals surface area contributed by atoms with E-state index in [2.05, 4.69) is 0 Å². The van der Waals surface area contributed by atoms with Gasteiger partial charge in [-0.25, -0.2) is 0 Å². The minimum atomic E-state index is -0.778. The summed E-state index contributed by atoms with van der Waals surface area (Å²) in [6, 6.07) is 3.55. The van der Waals surface area contributed by atoms with Gasteiger partial charge in [0.2, 0.25) is 0 Å². The van der Waals surface area contributed by atoms with E-state index in [0.29, 0.717) is 12.2 Å². The molecule has 0 saturated carbocycles. The molecule has 0 bridgehead atoms. The minimum absolute atomic E-state index is 0.196. The number of hydrogen-bond donors (Lipinski definition) is 0. The average Bonchev–Trinajstić information content (AvgIpc) is 2.81. The van der Waals surface area contributed by atoms with E-state index in [0.717, 1.165) is 5.57 Å². The van der Waals surface area contributed by atoms with Crippen molar-refractivity contribution in [1.82, 2.24) is 0 Å². The normalized spacial score (nSPS) is 23.7. The van der Waals surface area contributed by atoms with Crippen LogP contribution in [-0.4, -0.2) is 18.4 Å². The summed E-state index contributed by atoms with van der Waals surface area (Å²) in [5, 5.41) is 0. The molecule has 0 saturated heterocycles. The van der Waals surface area contributed by atoms with Crippen molar-refractivity contribution in [3.05, 3.63) is 35.8 Å². The van der Waals surface area contributed by atoms with Crippen LogP contribution < -0.4 is 0 Å². The molecule has 2 rings (SSSR count). The quantitative estimate of drug-likeness (QED) is 0.609. The van der Waals surface area contributed by atoms with E-state index in [1.54, 1.807) is 25.3 Å². The van der Waals surface area contributed by atoms with Crippen molar-refractivity contribution in [2.75, 3.05) is 6.61 Å². The van der Waals surface area contributed by atoms with Gasteiger partial charge in [0, 0.05) is 5.92 Å². The molecule has 2 unspecified atom stereocenters. The van der Waals surface area contributed by atoms with E-state index in [1.807, 2.05) is 6.92 Å². The van der Waals surface area contributed by atoms with Crippen molar-refractivity contribution in [2.45, 2.75) is 26.2 Å². The zero-order chi connectivity index (χ0) is 13.1. The maximum absolute atomic E-state index is 12.0. The van der Waals surface area contributed by atoms with Crippen molar-refractivity contribution >= 4 is 11.8 Å². The minimum Gasteiger partial charge on any atom is -0.469 e. The van der Waals surface area contributed by atoms with Crippen LogP contribution in [0.1, 0.15) is 31.9 Å². The zero-order valence-corrected chi connectivity index (χ0v) is 10.5. The first-order valence-corrected chi connectivity index (χ1v) is 6.04. The molecule has 96 valence electrons. The summed E-state index contributed by atoms with van der Waals surface area (Å²) in [5.41, 5.74) is 0.960. The molecule has 0 aliphatic heterocycles. The lowest BCUT2D eigenvalue weighted by molar-refractivity contribution is -0.152. The Labute approximate surface area is 106 Å². The van der Waals surface area contributed by atoms with Crippen molar-refractivity contribution in [3.63, 3.8) is 0 Å². The van der Waals surface area contributed by atoms with Gasteiger partial charge in [0.05, 0.1) is 12.9 Å². The summed E-state index contributed by atoms with van der Waals surface area (Å²) in [5.74, 6) is -1.03. The Hall–Kier alpha value is -1.84. The number of carbonyl (C=O) groups is 2. The molecule has 18 heavy (non-hydrogen) atoms. The summed E-state index contributed by atoms with van der Waals surface area (Å²) in [6.07, 6.45) is 3.72. The SMILES string of the molecule is CCOC(=O)C1C(=O)C=C(C)CC1c1ccco1. The topological polar surface area (TPSA) is 56.5 Å². The van der Waals surface area contributed by atoms with Crippen LogP contribution >= 0.6 is 0 Å². The highest BCUT2D eigenvalue weighted by atomic mass is 16.5. The zero-order valence-electron chi connectivity index (χ0n) is 10.5. The fourth-order valence-electron chi connectivity index (χ4n) is 2.33. The maximum atomic E-state index is 12.0. The van der Waals surface area contributed by atoms with Crippen LogP contribution in [0.5, 0.6) is 0 Å². The molecular weight excluding hydrogens is 232 g/mol. The highest BCUT2D eigenvalue weighted by molar-refractivity contribution is 6.06. The van der Waals surface area contributed by atoms with Gasteiger partial charge in [-0.15, -0.1) is 0 Å². The van der Waals surface area contributed by atoms with Crippen LogP contribution in [-0.2, 0) is 14.3 Å². The predicted octanol–water partition coefficient (Wildman–Crippen LogP) is 2.46. The first-order valence-electron chi connectivity index (χ1n) is 6.04. The van der Waals surface area contributed by atoms with E-state index >= 15 is 0 Å². The Morgan fingerprint density at radius 1 is 1.56 bits per heavy atom. The molecule has 1 aromatic heterocycles.